The molecule has 7 heteroatoms. The first-order valence-corrected chi connectivity index (χ1v) is 6.53. The van der Waals surface area contributed by atoms with Crippen LogP contribution in [0, 0.1) is 0 Å². The fourth-order valence-corrected chi connectivity index (χ4v) is 1.79. The first-order valence-electron chi connectivity index (χ1n) is 6.15. The van der Waals surface area contributed by atoms with Crippen LogP contribution in [0.5, 0.6) is 0 Å². The SMILES string of the molecule is COCC(O)CCNc1cnn(C(C)C)c(=O)c1Cl. The van der Waals surface area contributed by atoms with E-state index < -0.39 is 6.10 Å². The highest BCUT2D eigenvalue weighted by Gasteiger charge is 2.11. The predicted octanol–water partition coefficient (Wildman–Crippen LogP) is 1.29. The van der Waals surface area contributed by atoms with E-state index in [2.05, 4.69) is 10.4 Å². The van der Waals surface area contributed by atoms with E-state index in [9.17, 15) is 9.90 Å². The molecular weight excluding hydrogens is 270 g/mol. The van der Waals surface area contributed by atoms with Crippen molar-refractivity contribution in [1.29, 1.82) is 0 Å². The number of methoxy groups -OCH3 is 1. The second-order valence-electron chi connectivity index (χ2n) is 4.54. The van der Waals surface area contributed by atoms with Gasteiger partial charge in [0.05, 0.1) is 30.6 Å². The molecule has 0 fully saturated rings. The Bertz CT molecular complexity index is 462. The van der Waals surface area contributed by atoms with E-state index in [0.717, 1.165) is 0 Å². The summed E-state index contributed by atoms with van der Waals surface area (Å²) in [6.45, 7) is 4.48. The standard InChI is InChI=1S/C12H20ClN3O3/c1-8(2)16-12(18)11(13)10(6-15-16)14-5-4-9(17)7-19-3/h6,8-9,14,17H,4-5,7H2,1-3H3. The summed E-state index contributed by atoms with van der Waals surface area (Å²) in [6.07, 6.45) is 1.48. The van der Waals surface area contributed by atoms with Gasteiger partial charge in [0.25, 0.3) is 5.56 Å². The molecule has 1 unspecified atom stereocenters. The Morgan fingerprint density at radius 2 is 2.26 bits per heavy atom. The molecule has 108 valence electrons. The molecule has 0 amide bonds. The van der Waals surface area contributed by atoms with Crippen LogP contribution in [0.4, 0.5) is 5.69 Å². The summed E-state index contributed by atoms with van der Waals surface area (Å²) in [6, 6.07) is -0.0393. The lowest BCUT2D eigenvalue weighted by Gasteiger charge is -2.13. The van der Waals surface area contributed by atoms with Crippen LogP contribution in [0.3, 0.4) is 0 Å². The van der Waals surface area contributed by atoms with Crippen LogP contribution in [0.1, 0.15) is 26.3 Å². The Hall–Kier alpha value is -1.11. The van der Waals surface area contributed by atoms with Gasteiger partial charge >= 0.3 is 0 Å². The Morgan fingerprint density at radius 3 is 2.84 bits per heavy atom. The minimum Gasteiger partial charge on any atom is -0.391 e. The number of aliphatic hydroxyl groups is 1. The van der Waals surface area contributed by atoms with Crippen LogP contribution in [0.15, 0.2) is 11.0 Å². The Morgan fingerprint density at radius 1 is 1.58 bits per heavy atom. The van der Waals surface area contributed by atoms with Crippen molar-refractivity contribution in [2.24, 2.45) is 0 Å². The van der Waals surface area contributed by atoms with Gasteiger partial charge in [0, 0.05) is 13.7 Å². The molecule has 0 saturated carbocycles. The van der Waals surface area contributed by atoms with Crippen LogP contribution >= 0.6 is 11.6 Å². The second kappa shape index (κ2) is 7.47. The lowest BCUT2D eigenvalue weighted by atomic mass is 10.2. The number of aliphatic hydroxyl groups excluding tert-OH is 1. The molecule has 6 nitrogen and oxygen atoms in total. The van der Waals surface area contributed by atoms with Gasteiger partial charge in [0.2, 0.25) is 0 Å². The van der Waals surface area contributed by atoms with Gasteiger partial charge in [-0.05, 0) is 20.3 Å². The summed E-state index contributed by atoms with van der Waals surface area (Å²) < 4.78 is 6.15. The van der Waals surface area contributed by atoms with E-state index in [1.807, 2.05) is 13.8 Å². The number of hydrogen-bond donors (Lipinski definition) is 2. The number of nitrogens with one attached hydrogen (secondary N) is 1. The van der Waals surface area contributed by atoms with Crippen molar-refractivity contribution >= 4 is 17.3 Å². The van der Waals surface area contributed by atoms with Gasteiger partial charge in [-0.3, -0.25) is 4.79 Å². The molecule has 0 spiro atoms. The lowest BCUT2D eigenvalue weighted by molar-refractivity contribution is 0.0615. The molecule has 0 aromatic carbocycles. The third-order valence-corrected chi connectivity index (χ3v) is 2.95. The Kier molecular flexibility index (Phi) is 6.27. The molecule has 2 N–H and O–H groups in total. The molecule has 0 saturated heterocycles. The van der Waals surface area contributed by atoms with Crippen LogP contribution in [0.2, 0.25) is 5.02 Å². The normalized spacial score (nSPS) is 12.7. The summed E-state index contributed by atoms with van der Waals surface area (Å²) in [4.78, 5) is 11.9. The molecule has 1 rings (SSSR count). The maximum Gasteiger partial charge on any atom is 0.287 e. The largest absolute Gasteiger partial charge is 0.391 e. The van der Waals surface area contributed by atoms with Gasteiger partial charge in [-0.1, -0.05) is 11.6 Å². The quantitative estimate of drug-likeness (QED) is 0.791. The Labute approximate surface area is 117 Å². The summed E-state index contributed by atoms with van der Waals surface area (Å²) in [5.74, 6) is 0. The second-order valence-corrected chi connectivity index (χ2v) is 4.92. The fraction of sp³-hybridized carbons (Fsp3) is 0.667. The highest BCUT2D eigenvalue weighted by atomic mass is 35.5. The average molecular weight is 290 g/mol. The highest BCUT2D eigenvalue weighted by molar-refractivity contribution is 6.32. The van der Waals surface area contributed by atoms with E-state index in [1.54, 1.807) is 0 Å². The molecule has 19 heavy (non-hydrogen) atoms. The smallest absolute Gasteiger partial charge is 0.287 e. The van der Waals surface area contributed by atoms with E-state index in [1.165, 1.54) is 18.0 Å². The summed E-state index contributed by atoms with van der Waals surface area (Å²) in [5, 5.41) is 16.6. The van der Waals surface area contributed by atoms with Gasteiger partial charge in [0.15, 0.2) is 0 Å². The van der Waals surface area contributed by atoms with Crippen LogP contribution in [-0.2, 0) is 4.74 Å². The van der Waals surface area contributed by atoms with Crippen LogP contribution in [0.25, 0.3) is 0 Å². The van der Waals surface area contributed by atoms with Crippen molar-refractivity contribution in [3.63, 3.8) is 0 Å². The fourth-order valence-electron chi connectivity index (χ4n) is 1.59. The third-order valence-electron chi connectivity index (χ3n) is 2.58. The van der Waals surface area contributed by atoms with Crippen LogP contribution < -0.4 is 10.9 Å². The molecule has 0 bridgehead atoms. The summed E-state index contributed by atoms with van der Waals surface area (Å²) in [7, 11) is 1.53. The molecule has 0 radical (unpaired) electrons. The zero-order valence-corrected chi connectivity index (χ0v) is 12.1. The highest BCUT2D eigenvalue weighted by Crippen LogP contribution is 2.16. The summed E-state index contributed by atoms with van der Waals surface area (Å²) >= 11 is 6.00. The van der Waals surface area contributed by atoms with Crippen molar-refractivity contribution in [1.82, 2.24) is 9.78 Å². The zero-order chi connectivity index (χ0) is 14.4. The maximum atomic E-state index is 11.9. The summed E-state index contributed by atoms with van der Waals surface area (Å²) in [5.41, 5.74) is 0.160. The maximum absolute atomic E-state index is 11.9. The Balaban J connectivity index is 2.65. The predicted molar refractivity (Wildman–Crippen MR) is 74.9 cm³/mol. The van der Waals surface area contributed by atoms with E-state index >= 15 is 0 Å². The van der Waals surface area contributed by atoms with Crippen molar-refractivity contribution in [2.75, 3.05) is 25.6 Å². The first kappa shape index (κ1) is 15.9. The van der Waals surface area contributed by atoms with E-state index in [4.69, 9.17) is 16.3 Å². The molecule has 1 heterocycles. The number of ether oxygens (including phenoxy) is 1. The number of nitrogens with zero attached hydrogens (tertiary/aromatic N) is 2. The zero-order valence-electron chi connectivity index (χ0n) is 11.4. The van der Waals surface area contributed by atoms with Crippen molar-refractivity contribution < 1.29 is 9.84 Å². The number of anilines is 1. The first-order chi connectivity index (χ1) is 8.97. The molecular formula is C12H20ClN3O3. The van der Waals surface area contributed by atoms with Gasteiger partial charge < -0.3 is 15.2 Å². The molecule has 1 aromatic heterocycles. The van der Waals surface area contributed by atoms with Crippen LogP contribution in [-0.4, -0.2) is 41.3 Å². The minimum atomic E-state index is -0.541. The molecule has 0 aliphatic carbocycles. The monoisotopic (exact) mass is 289 g/mol. The minimum absolute atomic E-state index is 0.0393. The molecule has 1 atom stereocenters. The molecule has 1 aromatic rings. The average Bonchev–Trinajstić information content (AvgIpc) is 2.34. The van der Waals surface area contributed by atoms with Gasteiger partial charge in [-0.15, -0.1) is 0 Å². The number of halogens is 1. The molecule has 0 aliphatic heterocycles. The number of hydrogen-bond acceptors (Lipinski definition) is 5. The van der Waals surface area contributed by atoms with Gasteiger partial charge in [-0.2, -0.15) is 5.10 Å². The number of rotatable bonds is 7. The van der Waals surface area contributed by atoms with Crippen molar-refractivity contribution in [3.8, 4) is 0 Å². The van der Waals surface area contributed by atoms with Gasteiger partial charge in [0.1, 0.15) is 5.02 Å². The van der Waals surface area contributed by atoms with Crippen molar-refractivity contribution in [3.05, 3.63) is 21.6 Å². The van der Waals surface area contributed by atoms with Crippen molar-refractivity contribution in [2.45, 2.75) is 32.4 Å². The number of aromatic nitrogens is 2. The topological polar surface area (TPSA) is 76.4 Å². The van der Waals surface area contributed by atoms with E-state index in [0.29, 0.717) is 18.7 Å². The lowest BCUT2D eigenvalue weighted by Crippen LogP contribution is -2.26. The van der Waals surface area contributed by atoms with Gasteiger partial charge in [-0.25, -0.2) is 4.68 Å². The molecule has 0 aliphatic rings. The third kappa shape index (κ3) is 4.49. The van der Waals surface area contributed by atoms with E-state index in [-0.39, 0.29) is 23.2 Å².